The number of urea groups is 1. The number of carbonyl (C=O) groups is 2. The smallest absolute Gasteiger partial charge is 0.317 e. The number of nitrogens with one attached hydrogen (secondary N) is 2. The molecule has 3 amide bonds. The van der Waals surface area contributed by atoms with Gasteiger partial charge < -0.3 is 15.5 Å². The topological polar surface area (TPSA) is 79.3 Å². The van der Waals surface area contributed by atoms with Crippen molar-refractivity contribution in [2.24, 2.45) is 5.92 Å². The second kappa shape index (κ2) is 9.11. The van der Waals surface area contributed by atoms with E-state index in [1.54, 1.807) is 23.1 Å². The summed E-state index contributed by atoms with van der Waals surface area (Å²) in [4.78, 5) is 27.0. The summed E-state index contributed by atoms with van der Waals surface area (Å²) in [5, 5.41) is 10.00. The number of amides is 3. The zero-order valence-electron chi connectivity index (χ0n) is 16.7. The lowest BCUT2D eigenvalue weighted by Crippen LogP contribution is -2.45. The highest BCUT2D eigenvalue weighted by molar-refractivity contribution is 5.90. The van der Waals surface area contributed by atoms with E-state index in [9.17, 15) is 9.59 Å². The average molecular weight is 396 g/mol. The van der Waals surface area contributed by atoms with Crippen LogP contribution >= 0.6 is 0 Å². The zero-order valence-corrected chi connectivity index (χ0v) is 16.7. The van der Waals surface area contributed by atoms with Crippen LogP contribution in [0.5, 0.6) is 0 Å². The van der Waals surface area contributed by atoms with Crippen molar-refractivity contribution in [3.8, 4) is 0 Å². The van der Waals surface area contributed by atoms with Gasteiger partial charge in [0.15, 0.2) is 0 Å². The third kappa shape index (κ3) is 4.96. The Morgan fingerprint density at radius 3 is 2.76 bits per heavy atom. The molecule has 1 saturated carbocycles. The fraction of sp³-hybridized carbons (Fsp3) is 0.500. The van der Waals surface area contributed by atoms with Crippen LogP contribution in [-0.2, 0) is 17.9 Å². The lowest BCUT2D eigenvalue weighted by atomic mass is 9.96. The molecule has 0 spiro atoms. The van der Waals surface area contributed by atoms with Gasteiger partial charge in [0.2, 0.25) is 5.91 Å². The van der Waals surface area contributed by atoms with E-state index in [1.165, 1.54) is 25.7 Å². The molecular formula is C22H29N5O2. The molecule has 1 saturated heterocycles. The van der Waals surface area contributed by atoms with E-state index in [-0.39, 0.29) is 18.5 Å². The van der Waals surface area contributed by atoms with Gasteiger partial charge in [-0.3, -0.25) is 9.48 Å². The van der Waals surface area contributed by atoms with E-state index in [4.69, 9.17) is 0 Å². The quantitative estimate of drug-likeness (QED) is 0.787. The van der Waals surface area contributed by atoms with Crippen molar-refractivity contribution in [1.82, 2.24) is 20.0 Å². The summed E-state index contributed by atoms with van der Waals surface area (Å²) in [6, 6.07) is 9.83. The molecule has 1 aliphatic carbocycles. The number of aromatic nitrogens is 2. The molecule has 2 fully saturated rings. The van der Waals surface area contributed by atoms with Crippen LogP contribution in [0.15, 0.2) is 42.7 Å². The minimum atomic E-state index is -0.133. The largest absolute Gasteiger partial charge is 0.334 e. The SMILES string of the molecule is O=C(Cn1cccn1)Nc1cccc(CNC(=O)N2CCCC2C2CCCC2)c1. The summed E-state index contributed by atoms with van der Waals surface area (Å²) in [5.74, 6) is 0.544. The zero-order chi connectivity index (χ0) is 20.1. The molecule has 2 heterocycles. The number of carbonyl (C=O) groups excluding carboxylic acids is 2. The fourth-order valence-electron chi connectivity index (χ4n) is 4.66. The van der Waals surface area contributed by atoms with Gasteiger partial charge in [-0.2, -0.15) is 5.10 Å². The average Bonchev–Trinajstić information content (AvgIpc) is 3.47. The predicted molar refractivity (Wildman–Crippen MR) is 111 cm³/mol. The number of rotatable bonds is 6. The first-order valence-corrected chi connectivity index (χ1v) is 10.6. The molecule has 4 rings (SSSR count). The number of likely N-dealkylation sites (tertiary alicyclic amines) is 1. The Morgan fingerprint density at radius 2 is 1.97 bits per heavy atom. The van der Waals surface area contributed by atoms with Crippen LogP contribution in [0.4, 0.5) is 10.5 Å². The predicted octanol–water partition coefficient (Wildman–Crippen LogP) is 3.39. The normalized spacial score (nSPS) is 19.4. The first kappa shape index (κ1) is 19.5. The van der Waals surface area contributed by atoms with Crippen molar-refractivity contribution in [3.05, 3.63) is 48.3 Å². The molecule has 7 nitrogen and oxygen atoms in total. The first-order chi connectivity index (χ1) is 14.2. The third-order valence-corrected chi connectivity index (χ3v) is 6.02. The van der Waals surface area contributed by atoms with Crippen molar-refractivity contribution in [1.29, 1.82) is 0 Å². The molecule has 2 aromatic rings. The molecule has 7 heteroatoms. The molecule has 1 aliphatic heterocycles. The minimum Gasteiger partial charge on any atom is -0.334 e. The van der Waals surface area contributed by atoms with Crippen LogP contribution in [0.3, 0.4) is 0 Å². The van der Waals surface area contributed by atoms with Crippen molar-refractivity contribution in [2.45, 2.75) is 57.7 Å². The molecule has 1 aromatic heterocycles. The summed E-state index contributed by atoms with van der Waals surface area (Å²) in [5.41, 5.74) is 1.69. The first-order valence-electron chi connectivity index (χ1n) is 10.6. The van der Waals surface area contributed by atoms with Crippen LogP contribution in [0, 0.1) is 5.92 Å². The summed E-state index contributed by atoms with van der Waals surface area (Å²) >= 11 is 0. The Balaban J connectivity index is 1.29. The molecule has 2 N–H and O–H groups in total. The second-order valence-electron chi connectivity index (χ2n) is 8.06. The Kier molecular flexibility index (Phi) is 6.12. The van der Waals surface area contributed by atoms with Gasteiger partial charge in [0.25, 0.3) is 0 Å². The number of anilines is 1. The van der Waals surface area contributed by atoms with E-state index in [0.29, 0.717) is 18.5 Å². The Morgan fingerprint density at radius 1 is 1.10 bits per heavy atom. The highest BCUT2D eigenvalue weighted by Crippen LogP contribution is 2.35. The molecule has 0 bridgehead atoms. The van der Waals surface area contributed by atoms with Crippen molar-refractivity contribution in [3.63, 3.8) is 0 Å². The van der Waals surface area contributed by atoms with Crippen molar-refractivity contribution < 1.29 is 9.59 Å². The standard InChI is InChI=1S/C22H29N5O2/c28-21(16-26-12-5-11-24-26)25-19-9-3-6-17(14-19)15-23-22(29)27-13-4-10-20(27)18-7-1-2-8-18/h3,5-6,9,11-12,14,18,20H,1-2,4,7-8,10,13,15-16H2,(H,23,29)(H,25,28). The monoisotopic (exact) mass is 395 g/mol. The van der Waals surface area contributed by atoms with E-state index in [0.717, 1.165) is 30.6 Å². The maximum atomic E-state index is 12.8. The molecule has 1 unspecified atom stereocenters. The van der Waals surface area contributed by atoms with Crippen LogP contribution in [0.1, 0.15) is 44.1 Å². The summed E-state index contributed by atoms with van der Waals surface area (Å²) in [7, 11) is 0. The van der Waals surface area contributed by atoms with E-state index < -0.39 is 0 Å². The maximum absolute atomic E-state index is 12.8. The Hall–Kier alpha value is -2.83. The molecule has 29 heavy (non-hydrogen) atoms. The molecule has 154 valence electrons. The number of nitrogens with zero attached hydrogens (tertiary/aromatic N) is 3. The van der Waals surface area contributed by atoms with Crippen LogP contribution in [0.2, 0.25) is 0 Å². The van der Waals surface area contributed by atoms with Gasteiger partial charge in [0, 0.05) is 37.2 Å². The van der Waals surface area contributed by atoms with E-state index in [2.05, 4.69) is 15.7 Å². The maximum Gasteiger partial charge on any atom is 0.317 e. The third-order valence-electron chi connectivity index (χ3n) is 6.02. The van der Waals surface area contributed by atoms with Gasteiger partial charge >= 0.3 is 6.03 Å². The van der Waals surface area contributed by atoms with Gasteiger partial charge in [0.1, 0.15) is 6.54 Å². The molecule has 0 radical (unpaired) electrons. The number of benzene rings is 1. The summed E-state index contributed by atoms with van der Waals surface area (Å²) in [6.07, 6.45) is 10.8. The van der Waals surface area contributed by atoms with Crippen LogP contribution < -0.4 is 10.6 Å². The van der Waals surface area contributed by atoms with Gasteiger partial charge in [-0.25, -0.2) is 4.79 Å². The van der Waals surface area contributed by atoms with Crippen molar-refractivity contribution >= 4 is 17.6 Å². The Labute approximate surface area is 171 Å². The lowest BCUT2D eigenvalue weighted by molar-refractivity contribution is -0.116. The highest BCUT2D eigenvalue weighted by atomic mass is 16.2. The summed E-state index contributed by atoms with van der Waals surface area (Å²) < 4.78 is 1.58. The highest BCUT2D eigenvalue weighted by Gasteiger charge is 2.35. The van der Waals surface area contributed by atoms with Crippen LogP contribution in [-0.4, -0.2) is 39.2 Å². The van der Waals surface area contributed by atoms with Gasteiger partial charge in [0.05, 0.1) is 0 Å². The van der Waals surface area contributed by atoms with Gasteiger partial charge in [-0.1, -0.05) is 25.0 Å². The molecular weight excluding hydrogens is 366 g/mol. The van der Waals surface area contributed by atoms with Crippen molar-refractivity contribution in [2.75, 3.05) is 11.9 Å². The van der Waals surface area contributed by atoms with Gasteiger partial charge in [-0.05, 0) is 55.4 Å². The molecule has 2 aliphatic rings. The van der Waals surface area contributed by atoms with E-state index in [1.807, 2.05) is 29.2 Å². The molecule has 1 atom stereocenters. The Bertz CT molecular complexity index is 829. The lowest BCUT2D eigenvalue weighted by Gasteiger charge is -2.29. The fourth-order valence-corrected chi connectivity index (χ4v) is 4.66. The second-order valence-corrected chi connectivity index (χ2v) is 8.06. The van der Waals surface area contributed by atoms with Crippen LogP contribution in [0.25, 0.3) is 0 Å². The minimum absolute atomic E-state index is 0.0347. The van der Waals surface area contributed by atoms with Gasteiger partial charge in [-0.15, -0.1) is 0 Å². The van der Waals surface area contributed by atoms with E-state index >= 15 is 0 Å². The summed E-state index contributed by atoms with van der Waals surface area (Å²) in [6.45, 7) is 1.48. The number of hydrogen-bond acceptors (Lipinski definition) is 3. The molecule has 1 aromatic carbocycles. The number of hydrogen-bond donors (Lipinski definition) is 2.